The molecule has 1 aliphatic heterocycles. The molecule has 0 radical (unpaired) electrons. The van der Waals surface area contributed by atoms with Crippen LogP contribution in [-0.2, 0) is 11.3 Å². The van der Waals surface area contributed by atoms with Crippen LogP contribution in [0.4, 0.5) is 0 Å². The number of carbonyl (C=O) groups is 2. The Morgan fingerprint density at radius 2 is 2.00 bits per heavy atom. The molecule has 1 aliphatic rings. The average molecular weight is 342 g/mol. The lowest BCUT2D eigenvalue weighted by Gasteiger charge is -2.29. The number of amides is 2. The van der Waals surface area contributed by atoms with Gasteiger partial charge >= 0.3 is 0 Å². The summed E-state index contributed by atoms with van der Waals surface area (Å²) in [5, 5.41) is 9.34. The topological polar surface area (TPSA) is 74.0 Å². The third kappa shape index (κ3) is 3.91. The number of benzene rings is 1. The number of aliphatic hydroxyl groups is 1. The number of hydrogen-bond acceptors (Lipinski definition) is 4. The van der Waals surface area contributed by atoms with Crippen LogP contribution in [0.2, 0.25) is 0 Å². The Morgan fingerprint density at radius 3 is 2.68 bits per heavy atom. The molecule has 2 heterocycles. The lowest BCUT2D eigenvalue weighted by Crippen LogP contribution is -2.48. The molecule has 0 aliphatic carbocycles. The van der Waals surface area contributed by atoms with E-state index in [4.69, 9.17) is 4.42 Å². The quantitative estimate of drug-likeness (QED) is 0.870. The first kappa shape index (κ1) is 17.2. The third-order valence-electron chi connectivity index (χ3n) is 4.43. The molecule has 0 saturated carbocycles. The largest absolute Gasteiger partial charge is 0.459 e. The van der Waals surface area contributed by atoms with Gasteiger partial charge < -0.3 is 19.3 Å². The zero-order valence-electron chi connectivity index (χ0n) is 14.0. The fourth-order valence-corrected chi connectivity index (χ4v) is 3.21. The smallest absolute Gasteiger partial charge is 0.290 e. The molecule has 1 aromatic heterocycles. The van der Waals surface area contributed by atoms with Crippen LogP contribution in [0.5, 0.6) is 0 Å². The van der Waals surface area contributed by atoms with Gasteiger partial charge in [0.05, 0.1) is 12.9 Å². The van der Waals surface area contributed by atoms with Crippen molar-refractivity contribution in [2.45, 2.75) is 25.4 Å². The highest BCUT2D eigenvalue weighted by Crippen LogP contribution is 2.23. The van der Waals surface area contributed by atoms with Crippen molar-refractivity contribution in [3.63, 3.8) is 0 Å². The van der Waals surface area contributed by atoms with Crippen molar-refractivity contribution >= 4 is 11.8 Å². The van der Waals surface area contributed by atoms with Crippen LogP contribution in [0.15, 0.2) is 53.1 Å². The number of nitrogens with zero attached hydrogens (tertiary/aromatic N) is 2. The monoisotopic (exact) mass is 342 g/mol. The molecule has 1 N–H and O–H groups in total. The first-order chi connectivity index (χ1) is 12.2. The normalized spacial score (nSPS) is 16.8. The van der Waals surface area contributed by atoms with Crippen molar-refractivity contribution in [1.29, 1.82) is 0 Å². The summed E-state index contributed by atoms with van der Waals surface area (Å²) in [5.41, 5.74) is 0.992. The molecule has 1 aromatic carbocycles. The first-order valence-electron chi connectivity index (χ1n) is 8.48. The molecule has 6 heteroatoms. The molecular weight excluding hydrogens is 320 g/mol. The zero-order valence-corrected chi connectivity index (χ0v) is 14.0. The van der Waals surface area contributed by atoms with Gasteiger partial charge in [-0.15, -0.1) is 0 Å². The van der Waals surface area contributed by atoms with E-state index in [0.29, 0.717) is 19.5 Å². The van der Waals surface area contributed by atoms with Crippen molar-refractivity contribution in [1.82, 2.24) is 9.80 Å². The maximum atomic E-state index is 13.0. The SMILES string of the molecule is O=C(C1CCCN1C(=O)c1ccco1)N(CCO)Cc1ccccc1. The van der Waals surface area contributed by atoms with Gasteiger partial charge in [-0.25, -0.2) is 0 Å². The van der Waals surface area contributed by atoms with E-state index in [2.05, 4.69) is 0 Å². The summed E-state index contributed by atoms with van der Waals surface area (Å²) in [6.07, 6.45) is 2.86. The van der Waals surface area contributed by atoms with Crippen molar-refractivity contribution in [2.75, 3.05) is 19.7 Å². The second-order valence-corrected chi connectivity index (χ2v) is 6.10. The lowest BCUT2D eigenvalue weighted by atomic mass is 10.1. The van der Waals surface area contributed by atoms with E-state index in [1.165, 1.54) is 6.26 Å². The maximum absolute atomic E-state index is 13.0. The summed E-state index contributed by atoms with van der Waals surface area (Å²) in [6.45, 7) is 1.08. The van der Waals surface area contributed by atoms with Gasteiger partial charge in [0.25, 0.3) is 5.91 Å². The van der Waals surface area contributed by atoms with Gasteiger partial charge in [-0.2, -0.15) is 0 Å². The van der Waals surface area contributed by atoms with Crippen LogP contribution in [0.1, 0.15) is 29.0 Å². The van der Waals surface area contributed by atoms with Crippen LogP contribution >= 0.6 is 0 Å². The molecule has 2 aromatic rings. The number of rotatable bonds is 6. The molecule has 0 spiro atoms. The number of aliphatic hydroxyl groups excluding tert-OH is 1. The van der Waals surface area contributed by atoms with Crippen LogP contribution < -0.4 is 0 Å². The van der Waals surface area contributed by atoms with Crippen LogP contribution in [0.25, 0.3) is 0 Å². The summed E-state index contributed by atoms with van der Waals surface area (Å²) in [5.74, 6) is -0.142. The minimum absolute atomic E-state index is 0.114. The van der Waals surface area contributed by atoms with Gasteiger partial charge in [-0.3, -0.25) is 9.59 Å². The van der Waals surface area contributed by atoms with Crippen LogP contribution in [0, 0.1) is 0 Å². The van der Waals surface area contributed by atoms with Gasteiger partial charge in [0.1, 0.15) is 6.04 Å². The Balaban J connectivity index is 1.75. The Bertz CT molecular complexity index is 699. The maximum Gasteiger partial charge on any atom is 0.290 e. The van der Waals surface area contributed by atoms with E-state index >= 15 is 0 Å². The molecule has 1 fully saturated rings. The van der Waals surface area contributed by atoms with Crippen molar-refractivity contribution in [3.8, 4) is 0 Å². The molecule has 1 unspecified atom stereocenters. The summed E-state index contributed by atoms with van der Waals surface area (Å²) in [4.78, 5) is 28.8. The Kier molecular flexibility index (Phi) is 5.50. The third-order valence-corrected chi connectivity index (χ3v) is 4.43. The first-order valence-corrected chi connectivity index (χ1v) is 8.48. The van der Waals surface area contributed by atoms with Crippen molar-refractivity contribution in [3.05, 3.63) is 60.1 Å². The van der Waals surface area contributed by atoms with E-state index in [1.54, 1.807) is 21.9 Å². The van der Waals surface area contributed by atoms with Crippen LogP contribution in [0.3, 0.4) is 0 Å². The summed E-state index contributed by atoms with van der Waals surface area (Å²) in [7, 11) is 0. The Hall–Kier alpha value is -2.60. The minimum atomic E-state index is -0.507. The summed E-state index contributed by atoms with van der Waals surface area (Å²) < 4.78 is 5.18. The van der Waals surface area contributed by atoms with Crippen molar-refractivity contribution in [2.24, 2.45) is 0 Å². The average Bonchev–Trinajstić information content (AvgIpc) is 3.33. The fourth-order valence-electron chi connectivity index (χ4n) is 3.21. The van der Waals surface area contributed by atoms with E-state index < -0.39 is 6.04 Å². The number of likely N-dealkylation sites (tertiary alicyclic amines) is 1. The summed E-state index contributed by atoms with van der Waals surface area (Å²) >= 11 is 0. The molecule has 1 atom stereocenters. The van der Waals surface area contributed by atoms with Gasteiger partial charge in [0.2, 0.25) is 5.91 Å². The standard InChI is InChI=1S/C19H22N2O4/c22-12-11-20(14-15-6-2-1-3-7-15)18(23)16-8-4-10-21(16)19(24)17-9-5-13-25-17/h1-3,5-7,9,13,16,22H,4,8,10-12,14H2. The molecule has 25 heavy (non-hydrogen) atoms. The Morgan fingerprint density at radius 1 is 1.20 bits per heavy atom. The molecule has 6 nitrogen and oxygen atoms in total. The number of hydrogen-bond donors (Lipinski definition) is 1. The van der Waals surface area contributed by atoms with Gasteiger partial charge in [0.15, 0.2) is 5.76 Å². The van der Waals surface area contributed by atoms with Crippen LogP contribution in [-0.4, -0.2) is 52.5 Å². The highest BCUT2D eigenvalue weighted by Gasteiger charge is 2.37. The molecular formula is C19H22N2O4. The number of furan rings is 1. The van der Waals surface area contributed by atoms with E-state index in [-0.39, 0.29) is 30.7 Å². The highest BCUT2D eigenvalue weighted by atomic mass is 16.3. The molecule has 3 rings (SSSR count). The summed E-state index contributed by atoms with van der Waals surface area (Å²) in [6, 6.07) is 12.4. The van der Waals surface area contributed by atoms with Gasteiger partial charge in [-0.05, 0) is 30.5 Å². The minimum Gasteiger partial charge on any atom is -0.459 e. The lowest BCUT2D eigenvalue weighted by molar-refractivity contribution is -0.136. The molecule has 2 amide bonds. The zero-order chi connectivity index (χ0) is 17.6. The highest BCUT2D eigenvalue weighted by molar-refractivity contribution is 5.96. The second kappa shape index (κ2) is 7.98. The fraction of sp³-hybridized carbons (Fsp3) is 0.368. The van der Waals surface area contributed by atoms with Gasteiger partial charge in [0, 0.05) is 19.6 Å². The van der Waals surface area contributed by atoms with E-state index in [0.717, 1.165) is 12.0 Å². The van der Waals surface area contributed by atoms with E-state index in [9.17, 15) is 14.7 Å². The predicted octanol–water partition coefficient (Wildman–Crippen LogP) is 1.91. The second-order valence-electron chi connectivity index (χ2n) is 6.10. The van der Waals surface area contributed by atoms with E-state index in [1.807, 2.05) is 30.3 Å². The predicted molar refractivity (Wildman–Crippen MR) is 91.7 cm³/mol. The van der Waals surface area contributed by atoms with Gasteiger partial charge in [-0.1, -0.05) is 30.3 Å². The Labute approximate surface area is 146 Å². The van der Waals surface area contributed by atoms with Crippen molar-refractivity contribution < 1.29 is 19.1 Å². The number of carbonyl (C=O) groups excluding carboxylic acids is 2. The molecule has 0 bridgehead atoms. The molecule has 1 saturated heterocycles. The molecule has 132 valence electrons.